The van der Waals surface area contributed by atoms with Crippen molar-refractivity contribution >= 4 is 27.7 Å². The number of hydrogen-bond donors (Lipinski definition) is 2. The third kappa shape index (κ3) is 2.40. The van der Waals surface area contributed by atoms with Crippen molar-refractivity contribution < 1.29 is 0 Å². The van der Waals surface area contributed by atoms with Gasteiger partial charge in [0.05, 0.1) is 10.2 Å². The number of rotatable bonds is 2. The first kappa shape index (κ1) is 10.7. The molecule has 1 heterocycles. The quantitative estimate of drug-likeness (QED) is 0.867. The van der Waals surface area contributed by atoms with Crippen LogP contribution in [0.2, 0.25) is 0 Å². The van der Waals surface area contributed by atoms with Gasteiger partial charge in [0.2, 0.25) is 5.95 Å². The summed E-state index contributed by atoms with van der Waals surface area (Å²) in [6.45, 7) is 1.92. The fourth-order valence-electron chi connectivity index (χ4n) is 1.94. The average Bonchev–Trinajstić information content (AvgIpc) is 2.66. The van der Waals surface area contributed by atoms with E-state index in [9.17, 15) is 0 Å². The molecule has 1 aromatic heterocycles. The summed E-state index contributed by atoms with van der Waals surface area (Å²) in [7, 11) is 0. The average molecular weight is 271 g/mol. The van der Waals surface area contributed by atoms with Crippen LogP contribution in [0, 0.1) is 6.92 Å². The second-order valence-electron chi connectivity index (χ2n) is 3.96. The first-order valence-electron chi connectivity index (χ1n) is 5.23. The summed E-state index contributed by atoms with van der Waals surface area (Å²) >= 11 is 3.48. The Morgan fingerprint density at radius 3 is 2.67 bits per heavy atom. The van der Waals surface area contributed by atoms with Gasteiger partial charge in [0.1, 0.15) is 5.82 Å². The topological polar surface area (TPSA) is 63.8 Å². The van der Waals surface area contributed by atoms with Crippen LogP contribution in [-0.2, 0) is 0 Å². The summed E-state index contributed by atoms with van der Waals surface area (Å²) in [4.78, 5) is 8.29. The van der Waals surface area contributed by atoms with Crippen molar-refractivity contribution in [1.82, 2.24) is 9.97 Å². The number of aromatic nitrogens is 2. The third-order valence-corrected chi connectivity index (χ3v) is 3.68. The predicted molar refractivity (Wildman–Crippen MR) is 64.8 cm³/mol. The Balaban J connectivity index is 2.19. The van der Waals surface area contributed by atoms with Crippen LogP contribution >= 0.6 is 15.9 Å². The molecule has 1 aliphatic rings. The molecule has 1 aromatic rings. The van der Waals surface area contributed by atoms with E-state index in [4.69, 9.17) is 5.73 Å². The molecule has 1 aliphatic carbocycles. The standard InChI is InChI=1S/C10H15BrN4/c1-6-8(11)9(15-10(12)13-6)14-7-4-2-3-5-7/h7H,2-5H2,1H3,(H3,12,13,14,15). The maximum Gasteiger partial charge on any atom is 0.222 e. The number of hydrogen-bond acceptors (Lipinski definition) is 4. The predicted octanol–water partition coefficient (Wildman–Crippen LogP) is 2.48. The highest BCUT2D eigenvalue weighted by molar-refractivity contribution is 9.10. The molecule has 0 atom stereocenters. The summed E-state index contributed by atoms with van der Waals surface area (Å²) in [5.41, 5.74) is 6.50. The van der Waals surface area contributed by atoms with Gasteiger partial charge in [-0.25, -0.2) is 4.98 Å². The van der Waals surface area contributed by atoms with Crippen LogP contribution in [0.3, 0.4) is 0 Å². The van der Waals surface area contributed by atoms with E-state index in [0.717, 1.165) is 16.0 Å². The SMILES string of the molecule is Cc1nc(N)nc(NC2CCCC2)c1Br. The molecule has 5 heteroatoms. The molecule has 3 N–H and O–H groups in total. The summed E-state index contributed by atoms with van der Waals surface area (Å²) < 4.78 is 0.920. The van der Waals surface area contributed by atoms with Gasteiger partial charge in [-0.1, -0.05) is 12.8 Å². The highest BCUT2D eigenvalue weighted by Crippen LogP contribution is 2.27. The number of nitrogens with one attached hydrogen (secondary N) is 1. The Morgan fingerprint density at radius 2 is 2.00 bits per heavy atom. The van der Waals surface area contributed by atoms with E-state index in [1.54, 1.807) is 0 Å². The van der Waals surface area contributed by atoms with Crippen molar-refractivity contribution in [3.05, 3.63) is 10.2 Å². The van der Waals surface area contributed by atoms with E-state index < -0.39 is 0 Å². The fraction of sp³-hybridized carbons (Fsp3) is 0.600. The van der Waals surface area contributed by atoms with Crippen LogP contribution in [-0.4, -0.2) is 16.0 Å². The second kappa shape index (κ2) is 4.35. The molecule has 0 radical (unpaired) electrons. The van der Waals surface area contributed by atoms with Crippen molar-refractivity contribution in [3.63, 3.8) is 0 Å². The van der Waals surface area contributed by atoms with Crippen molar-refractivity contribution in [2.24, 2.45) is 0 Å². The minimum absolute atomic E-state index is 0.330. The van der Waals surface area contributed by atoms with E-state index in [2.05, 4.69) is 31.2 Å². The smallest absolute Gasteiger partial charge is 0.222 e. The molecule has 82 valence electrons. The first-order chi connectivity index (χ1) is 7.16. The molecule has 0 unspecified atom stereocenters. The zero-order chi connectivity index (χ0) is 10.8. The molecular weight excluding hydrogens is 256 g/mol. The minimum Gasteiger partial charge on any atom is -0.368 e. The lowest BCUT2D eigenvalue weighted by Crippen LogP contribution is -2.17. The zero-order valence-corrected chi connectivity index (χ0v) is 10.3. The number of nitrogens with zero attached hydrogens (tertiary/aromatic N) is 2. The normalized spacial score (nSPS) is 16.9. The second-order valence-corrected chi connectivity index (χ2v) is 4.75. The summed E-state index contributed by atoms with van der Waals surface area (Å²) in [5.74, 6) is 1.16. The fourth-order valence-corrected chi connectivity index (χ4v) is 2.23. The lowest BCUT2D eigenvalue weighted by Gasteiger charge is -2.14. The first-order valence-corrected chi connectivity index (χ1v) is 6.02. The van der Waals surface area contributed by atoms with E-state index in [0.29, 0.717) is 12.0 Å². The number of anilines is 2. The van der Waals surface area contributed by atoms with Gasteiger partial charge in [0.15, 0.2) is 0 Å². The van der Waals surface area contributed by atoms with Crippen molar-refractivity contribution in [3.8, 4) is 0 Å². The van der Waals surface area contributed by atoms with Gasteiger partial charge < -0.3 is 11.1 Å². The molecule has 0 amide bonds. The van der Waals surface area contributed by atoms with Crippen LogP contribution in [0.1, 0.15) is 31.4 Å². The van der Waals surface area contributed by atoms with Crippen molar-refractivity contribution in [1.29, 1.82) is 0 Å². The van der Waals surface area contributed by atoms with Crippen LogP contribution in [0.15, 0.2) is 4.47 Å². The molecule has 0 saturated heterocycles. The Kier molecular flexibility index (Phi) is 3.09. The molecule has 15 heavy (non-hydrogen) atoms. The molecule has 0 aromatic carbocycles. The van der Waals surface area contributed by atoms with Gasteiger partial charge in [-0.3, -0.25) is 0 Å². The Morgan fingerprint density at radius 1 is 1.33 bits per heavy atom. The molecule has 0 spiro atoms. The van der Waals surface area contributed by atoms with E-state index >= 15 is 0 Å². The molecule has 1 fully saturated rings. The summed E-state index contributed by atoms with van der Waals surface area (Å²) in [5, 5.41) is 3.41. The molecular formula is C10H15BrN4. The van der Waals surface area contributed by atoms with E-state index in [1.165, 1.54) is 25.7 Å². The maximum absolute atomic E-state index is 5.62. The van der Waals surface area contributed by atoms with E-state index in [-0.39, 0.29) is 0 Å². The lowest BCUT2D eigenvalue weighted by molar-refractivity contribution is 0.748. The van der Waals surface area contributed by atoms with Crippen LogP contribution < -0.4 is 11.1 Å². The Hall–Kier alpha value is -0.840. The molecule has 2 rings (SSSR count). The van der Waals surface area contributed by atoms with Gasteiger partial charge in [0, 0.05) is 6.04 Å². The molecule has 0 aliphatic heterocycles. The van der Waals surface area contributed by atoms with Gasteiger partial charge in [0.25, 0.3) is 0 Å². The maximum atomic E-state index is 5.62. The van der Waals surface area contributed by atoms with E-state index in [1.807, 2.05) is 6.92 Å². The summed E-state index contributed by atoms with van der Waals surface area (Å²) in [6, 6.07) is 0.537. The van der Waals surface area contributed by atoms with Crippen LogP contribution in [0.25, 0.3) is 0 Å². The zero-order valence-electron chi connectivity index (χ0n) is 8.76. The summed E-state index contributed by atoms with van der Waals surface area (Å²) in [6.07, 6.45) is 5.04. The largest absolute Gasteiger partial charge is 0.368 e. The van der Waals surface area contributed by atoms with Gasteiger partial charge in [-0.2, -0.15) is 4.98 Å². The van der Waals surface area contributed by atoms with Crippen molar-refractivity contribution in [2.45, 2.75) is 38.6 Å². The molecule has 1 saturated carbocycles. The Labute approximate surface area is 97.8 Å². The highest BCUT2D eigenvalue weighted by Gasteiger charge is 2.17. The Bertz CT molecular complexity index is 361. The number of halogens is 1. The lowest BCUT2D eigenvalue weighted by atomic mass is 10.2. The highest BCUT2D eigenvalue weighted by atomic mass is 79.9. The van der Waals surface area contributed by atoms with Crippen LogP contribution in [0.5, 0.6) is 0 Å². The number of nitrogens with two attached hydrogens (primary N) is 1. The molecule has 0 bridgehead atoms. The van der Waals surface area contributed by atoms with Gasteiger partial charge >= 0.3 is 0 Å². The number of aryl methyl sites for hydroxylation is 1. The van der Waals surface area contributed by atoms with Crippen molar-refractivity contribution in [2.75, 3.05) is 11.1 Å². The van der Waals surface area contributed by atoms with Gasteiger partial charge in [-0.15, -0.1) is 0 Å². The third-order valence-electron chi connectivity index (χ3n) is 2.73. The van der Waals surface area contributed by atoms with Gasteiger partial charge in [-0.05, 0) is 35.7 Å². The number of nitrogen functional groups attached to an aromatic ring is 1. The monoisotopic (exact) mass is 270 g/mol. The molecule has 4 nitrogen and oxygen atoms in total. The minimum atomic E-state index is 0.330. The van der Waals surface area contributed by atoms with Crippen LogP contribution in [0.4, 0.5) is 11.8 Å².